The van der Waals surface area contributed by atoms with Crippen molar-refractivity contribution in [1.29, 1.82) is 0 Å². The molecule has 0 aliphatic carbocycles. The number of carbonyl (C=O) groups excluding carboxylic acids is 4. The number of imide groups is 2. The molecule has 0 spiro atoms. The fraction of sp³-hybridized carbons (Fsp3) is 0.0909. The second-order valence-electron chi connectivity index (χ2n) is 13.4. The standard InChI is InChI=1S/C44H32N2O6/c1-27-9-15-31(16-10-27)46-41(48)37-24-22-35(26-39(37)43(46)50)52-33-19-13-29(14-20-33)44(2,3)28-11-17-32(18-12-28)51-34-21-23-36-38(25-34)42(49)45(40(36)47)30-7-5-4-6-8-30/h4-26H,1-3H3. The van der Waals surface area contributed by atoms with Crippen molar-refractivity contribution in [3.8, 4) is 23.0 Å². The topological polar surface area (TPSA) is 93.2 Å². The van der Waals surface area contributed by atoms with Gasteiger partial charge in [0, 0.05) is 5.41 Å². The zero-order valence-electron chi connectivity index (χ0n) is 28.6. The molecule has 4 amide bonds. The van der Waals surface area contributed by atoms with Crippen molar-refractivity contribution in [2.75, 3.05) is 9.80 Å². The fourth-order valence-electron chi connectivity index (χ4n) is 6.62. The van der Waals surface area contributed by atoms with E-state index >= 15 is 0 Å². The molecule has 0 bridgehead atoms. The minimum absolute atomic E-state index is 0.307. The third-order valence-electron chi connectivity index (χ3n) is 9.65. The van der Waals surface area contributed by atoms with E-state index in [0.717, 1.165) is 16.7 Å². The average Bonchev–Trinajstić information content (AvgIpc) is 3.55. The second kappa shape index (κ2) is 12.5. The SMILES string of the molecule is Cc1ccc(N2C(=O)c3ccc(Oc4ccc(C(C)(C)c5ccc(Oc6ccc7c(c6)C(=O)N(c6ccccc6)C7=O)cc5)cc4)cc3C2=O)cc1. The molecule has 52 heavy (non-hydrogen) atoms. The number of nitrogens with zero attached hydrogens (tertiary/aromatic N) is 2. The van der Waals surface area contributed by atoms with E-state index in [1.165, 1.54) is 9.80 Å². The summed E-state index contributed by atoms with van der Waals surface area (Å²) in [4.78, 5) is 54.8. The quantitative estimate of drug-likeness (QED) is 0.148. The summed E-state index contributed by atoms with van der Waals surface area (Å²) in [5.41, 5.74) is 5.16. The van der Waals surface area contributed by atoms with Crippen molar-refractivity contribution >= 4 is 35.0 Å². The molecular weight excluding hydrogens is 652 g/mol. The van der Waals surface area contributed by atoms with Crippen LogP contribution in [-0.2, 0) is 5.41 Å². The zero-order valence-corrected chi connectivity index (χ0v) is 28.6. The van der Waals surface area contributed by atoms with Gasteiger partial charge in [-0.2, -0.15) is 0 Å². The van der Waals surface area contributed by atoms with Crippen molar-refractivity contribution in [1.82, 2.24) is 0 Å². The maximum absolute atomic E-state index is 13.2. The van der Waals surface area contributed by atoms with Crippen LogP contribution < -0.4 is 19.3 Å². The number of ether oxygens (including phenoxy) is 2. The Morgan fingerprint density at radius 1 is 0.423 bits per heavy atom. The number of amides is 4. The molecule has 8 nitrogen and oxygen atoms in total. The summed E-state index contributed by atoms with van der Waals surface area (Å²) in [6.45, 7) is 6.21. The van der Waals surface area contributed by atoms with Crippen LogP contribution in [0.4, 0.5) is 11.4 Å². The van der Waals surface area contributed by atoms with Crippen LogP contribution in [0.2, 0.25) is 0 Å². The molecule has 0 N–H and O–H groups in total. The summed E-state index contributed by atoms with van der Waals surface area (Å²) in [6, 6.07) is 41.6. The molecule has 2 heterocycles. The Bertz CT molecular complexity index is 2400. The lowest BCUT2D eigenvalue weighted by Crippen LogP contribution is -2.29. The average molecular weight is 685 g/mol. The first kappa shape index (κ1) is 32.4. The number of hydrogen-bond donors (Lipinski definition) is 0. The van der Waals surface area contributed by atoms with Gasteiger partial charge in [0.25, 0.3) is 23.6 Å². The Labute approximate surface area is 300 Å². The minimum Gasteiger partial charge on any atom is -0.457 e. The number of para-hydroxylation sites is 1. The summed E-state index contributed by atoms with van der Waals surface area (Å²) >= 11 is 0. The molecule has 254 valence electrons. The van der Waals surface area contributed by atoms with Crippen molar-refractivity contribution in [3.05, 3.63) is 178 Å². The number of carbonyl (C=O) groups is 4. The van der Waals surface area contributed by atoms with Gasteiger partial charge in [-0.05, 0) is 103 Å². The molecule has 0 saturated carbocycles. The van der Waals surface area contributed by atoms with Crippen LogP contribution >= 0.6 is 0 Å². The maximum atomic E-state index is 13.2. The van der Waals surface area contributed by atoms with Crippen LogP contribution in [0.25, 0.3) is 0 Å². The number of benzene rings is 6. The number of rotatable bonds is 8. The Balaban J connectivity index is 0.938. The smallest absolute Gasteiger partial charge is 0.266 e. The van der Waals surface area contributed by atoms with Gasteiger partial charge >= 0.3 is 0 Å². The fourth-order valence-corrected chi connectivity index (χ4v) is 6.62. The molecule has 8 heteroatoms. The monoisotopic (exact) mass is 684 g/mol. The van der Waals surface area contributed by atoms with E-state index in [4.69, 9.17) is 9.47 Å². The van der Waals surface area contributed by atoms with Crippen LogP contribution in [0.5, 0.6) is 23.0 Å². The highest BCUT2D eigenvalue weighted by Crippen LogP contribution is 2.37. The lowest BCUT2D eigenvalue weighted by Gasteiger charge is -2.26. The summed E-state index contributed by atoms with van der Waals surface area (Å²) in [5.74, 6) is 0.641. The largest absolute Gasteiger partial charge is 0.457 e. The highest BCUT2D eigenvalue weighted by atomic mass is 16.5. The van der Waals surface area contributed by atoms with E-state index in [9.17, 15) is 19.2 Å². The normalized spacial score (nSPS) is 13.8. The number of fused-ring (bicyclic) bond motifs is 2. The first-order valence-electron chi connectivity index (χ1n) is 16.8. The Hall–Kier alpha value is -6.80. The van der Waals surface area contributed by atoms with Crippen LogP contribution in [0.15, 0.2) is 140 Å². The Morgan fingerprint density at radius 2 is 0.808 bits per heavy atom. The van der Waals surface area contributed by atoms with Gasteiger partial charge < -0.3 is 9.47 Å². The highest BCUT2D eigenvalue weighted by molar-refractivity contribution is 6.35. The summed E-state index contributed by atoms with van der Waals surface area (Å²) in [6.07, 6.45) is 0. The number of hydrogen-bond acceptors (Lipinski definition) is 6. The summed E-state index contributed by atoms with van der Waals surface area (Å²) in [5, 5.41) is 0. The predicted octanol–water partition coefficient (Wildman–Crippen LogP) is 9.51. The molecule has 0 saturated heterocycles. The summed E-state index contributed by atoms with van der Waals surface area (Å²) in [7, 11) is 0. The molecule has 8 rings (SSSR count). The maximum Gasteiger partial charge on any atom is 0.266 e. The molecule has 2 aliphatic rings. The third-order valence-corrected chi connectivity index (χ3v) is 9.65. The van der Waals surface area contributed by atoms with Gasteiger partial charge in [-0.25, -0.2) is 9.80 Å². The van der Waals surface area contributed by atoms with E-state index in [-0.39, 0.29) is 29.0 Å². The third kappa shape index (κ3) is 5.60. The zero-order chi connectivity index (χ0) is 36.1. The van der Waals surface area contributed by atoms with E-state index in [1.807, 2.05) is 73.7 Å². The van der Waals surface area contributed by atoms with E-state index < -0.39 is 0 Å². The van der Waals surface area contributed by atoms with Gasteiger partial charge in [0.1, 0.15) is 23.0 Å². The van der Waals surface area contributed by atoms with Gasteiger partial charge in [0.2, 0.25) is 0 Å². The molecular formula is C44H32N2O6. The van der Waals surface area contributed by atoms with E-state index in [2.05, 4.69) is 13.8 Å². The first-order valence-corrected chi connectivity index (χ1v) is 16.8. The molecule has 6 aromatic rings. The van der Waals surface area contributed by atoms with E-state index in [1.54, 1.807) is 72.8 Å². The van der Waals surface area contributed by atoms with Crippen molar-refractivity contribution in [2.24, 2.45) is 0 Å². The highest BCUT2D eigenvalue weighted by Gasteiger charge is 2.38. The van der Waals surface area contributed by atoms with E-state index in [0.29, 0.717) is 56.6 Å². The van der Waals surface area contributed by atoms with Gasteiger partial charge in [-0.3, -0.25) is 19.2 Å². The summed E-state index contributed by atoms with van der Waals surface area (Å²) < 4.78 is 12.2. The van der Waals surface area contributed by atoms with Crippen LogP contribution in [0.3, 0.4) is 0 Å². The minimum atomic E-state index is -0.380. The first-order chi connectivity index (χ1) is 25.1. The molecule has 0 fully saturated rings. The van der Waals surface area contributed by atoms with Gasteiger partial charge in [-0.15, -0.1) is 0 Å². The Kier molecular flexibility index (Phi) is 7.80. The van der Waals surface area contributed by atoms with Crippen LogP contribution in [0.1, 0.15) is 72.0 Å². The van der Waals surface area contributed by atoms with Gasteiger partial charge in [0.05, 0.1) is 33.6 Å². The van der Waals surface area contributed by atoms with Crippen molar-refractivity contribution in [3.63, 3.8) is 0 Å². The van der Waals surface area contributed by atoms with Gasteiger partial charge in [-0.1, -0.05) is 74.0 Å². The van der Waals surface area contributed by atoms with Crippen LogP contribution in [0, 0.1) is 6.92 Å². The molecule has 2 aliphatic heterocycles. The van der Waals surface area contributed by atoms with Crippen LogP contribution in [-0.4, -0.2) is 23.6 Å². The molecule has 0 atom stereocenters. The second-order valence-corrected chi connectivity index (χ2v) is 13.4. The molecule has 0 radical (unpaired) electrons. The Morgan fingerprint density at radius 3 is 1.25 bits per heavy atom. The van der Waals surface area contributed by atoms with Crippen molar-refractivity contribution in [2.45, 2.75) is 26.2 Å². The number of aryl methyl sites for hydroxylation is 1. The molecule has 6 aromatic carbocycles. The lowest BCUT2D eigenvalue weighted by atomic mass is 9.78. The molecule has 0 aromatic heterocycles. The molecule has 0 unspecified atom stereocenters. The predicted molar refractivity (Wildman–Crippen MR) is 198 cm³/mol. The number of anilines is 2. The van der Waals surface area contributed by atoms with Gasteiger partial charge in [0.15, 0.2) is 0 Å². The lowest BCUT2D eigenvalue weighted by molar-refractivity contribution is 0.0910. The van der Waals surface area contributed by atoms with Crippen molar-refractivity contribution < 1.29 is 28.7 Å².